The van der Waals surface area contributed by atoms with E-state index in [1.54, 1.807) is 12.1 Å². The highest BCUT2D eigenvalue weighted by Gasteiger charge is 2.12. The Morgan fingerprint density at radius 1 is 1.04 bits per heavy atom. The number of hydrogen-bond donors (Lipinski definition) is 1. The van der Waals surface area contributed by atoms with Gasteiger partial charge in [-0.25, -0.2) is 0 Å². The lowest BCUT2D eigenvalue weighted by Gasteiger charge is -2.16. The van der Waals surface area contributed by atoms with Gasteiger partial charge in [-0.1, -0.05) is 29.8 Å². The molecule has 0 spiro atoms. The Bertz CT molecular complexity index is 969. The van der Waals surface area contributed by atoms with Gasteiger partial charge >= 0.3 is 0 Å². The number of nitrogens with one attached hydrogen (secondary N) is 1. The van der Waals surface area contributed by atoms with E-state index in [0.717, 1.165) is 28.0 Å². The molecule has 0 aliphatic heterocycles. The summed E-state index contributed by atoms with van der Waals surface area (Å²) in [5.74, 6) is -0.116. The summed E-state index contributed by atoms with van der Waals surface area (Å²) in [6, 6.07) is 14.9. The van der Waals surface area contributed by atoms with Gasteiger partial charge < -0.3 is 9.88 Å². The van der Waals surface area contributed by atoms with E-state index in [1.165, 1.54) is 0 Å². The molecule has 0 saturated heterocycles. The zero-order valence-corrected chi connectivity index (χ0v) is 14.1. The van der Waals surface area contributed by atoms with E-state index in [4.69, 9.17) is 0 Å². The molecule has 0 unspecified atom stereocenters. The highest BCUT2D eigenvalue weighted by molar-refractivity contribution is 5.92. The third-order valence-corrected chi connectivity index (χ3v) is 4.18. The summed E-state index contributed by atoms with van der Waals surface area (Å²) in [4.78, 5) is 24.6. The molecule has 0 bridgehead atoms. The summed E-state index contributed by atoms with van der Waals surface area (Å²) >= 11 is 0. The van der Waals surface area contributed by atoms with Crippen LogP contribution in [0.15, 0.2) is 53.3 Å². The Morgan fingerprint density at radius 2 is 1.75 bits per heavy atom. The van der Waals surface area contributed by atoms with Crippen LogP contribution in [0.3, 0.4) is 0 Å². The van der Waals surface area contributed by atoms with Gasteiger partial charge in [-0.2, -0.15) is 0 Å². The number of aryl methyl sites for hydroxylation is 3. The summed E-state index contributed by atoms with van der Waals surface area (Å²) < 4.78 is 1.90. The van der Waals surface area contributed by atoms with Gasteiger partial charge in [-0.3, -0.25) is 9.59 Å². The van der Waals surface area contributed by atoms with E-state index < -0.39 is 0 Å². The number of aromatic nitrogens is 1. The van der Waals surface area contributed by atoms with E-state index in [0.29, 0.717) is 5.39 Å². The minimum atomic E-state index is -0.116. The van der Waals surface area contributed by atoms with Crippen LogP contribution in [-0.2, 0) is 11.3 Å². The SMILES string of the molecule is Cc1ccc(NC(=O)Cn2c(C)cc(=O)c3cccc(C)c32)cc1. The quantitative estimate of drug-likeness (QED) is 0.802. The van der Waals surface area contributed by atoms with Crippen molar-refractivity contribution in [3.63, 3.8) is 0 Å². The Balaban J connectivity index is 1.96. The van der Waals surface area contributed by atoms with Crippen LogP contribution in [0, 0.1) is 20.8 Å². The second kappa shape index (κ2) is 6.32. The minimum Gasteiger partial charge on any atom is -0.335 e. The standard InChI is InChI=1S/C20H20N2O2/c1-13-7-9-16(10-8-13)21-19(24)12-22-15(3)11-18(23)17-6-4-5-14(2)20(17)22/h4-11H,12H2,1-3H3,(H,21,24). The van der Waals surface area contributed by atoms with Crippen LogP contribution >= 0.6 is 0 Å². The topological polar surface area (TPSA) is 51.1 Å². The molecule has 3 rings (SSSR count). The smallest absolute Gasteiger partial charge is 0.244 e. The van der Waals surface area contributed by atoms with Crippen molar-refractivity contribution in [3.8, 4) is 0 Å². The van der Waals surface area contributed by atoms with Gasteiger partial charge in [0.1, 0.15) is 6.54 Å². The number of amides is 1. The normalized spacial score (nSPS) is 10.8. The van der Waals surface area contributed by atoms with E-state index >= 15 is 0 Å². The number of carbonyl (C=O) groups excluding carboxylic acids is 1. The number of benzene rings is 2. The molecule has 0 aliphatic rings. The molecule has 1 amide bonds. The Labute approximate surface area is 140 Å². The fourth-order valence-corrected chi connectivity index (χ4v) is 2.92. The van der Waals surface area contributed by atoms with Gasteiger partial charge in [0, 0.05) is 22.8 Å². The number of anilines is 1. The average molecular weight is 320 g/mol. The lowest BCUT2D eigenvalue weighted by atomic mass is 10.1. The fourth-order valence-electron chi connectivity index (χ4n) is 2.92. The van der Waals surface area contributed by atoms with Gasteiger partial charge in [0.05, 0.1) is 5.52 Å². The highest BCUT2D eigenvalue weighted by atomic mass is 16.2. The maximum absolute atomic E-state index is 12.4. The van der Waals surface area contributed by atoms with Crippen LogP contribution in [0.25, 0.3) is 10.9 Å². The molecule has 3 aromatic rings. The Kier molecular flexibility index (Phi) is 4.21. The lowest BCUT2D eigenvalue weighted by Crippen LogP contribution is -2.22. The second-order valence-corrected chi connectivity index (χ2v) is 6.12. The largest absolute Gasteiger partial charge is 0.335 e. The van der Waals surface area contributed by atoms with Gasteiger partial charge in [0.15, 0.2) is 5.43 Å². The summed E-state index contributed by atoms with van der Waals surface area (Å²) in [6.07, 6.45) is 0. The third-order valence-electron chi connectivity index (χ3n) is 4.18. The minimum absolute atomic E-state index is 0.0126. The van der Waals surface area contributed by atoms with Crippen LogP contribution in [0.1, 0.15) is 16.8 Å². The average Bonchev–Trinajstić information content (AvgIpc) is 2.54. The summed E-state index contributed by atoms with van der Waals surface area (Å²) in [5, 5.41) is 3.55. The second-order valence-electron chi connectivity index (χ2n) is 6.12. The van der Waals surface area contributed by atoms with Crippen molar-refractivity contribution in [1.82, 2.24) is 4.57 Å². The van der Waals surface area contributed by atoms with Gasteiger partial charge in [0.25, 0.3) is 0 Å². The predicted molar refractivity (Wildman–Crippen MR) is 97.5 cm³/mol. The van der Waals surface area contributed by atoms with Crippen molar-refractivity contribution in [1.29, 1.82) is 0 Å². The molecule has 0 saturated carbocycles. The van der Waals surface area contributed by atoms with Crippen molar-refractivity contribution < 1.29 is 4.79 Å². The van der Waals surface area contributed by atoms with Crippen molar-refractivity contribution in [2.24, 2.45) is 0 Å². The van der Waals surface area contributed by atoms with Crippen LogP contribution in [0.5, 0.6) is 0 Å². The molecule has 0 aliphatic carbocycles. The number of carbonyl (C=O) groups is 1. The van der Waals surface area contributed by atoms with Crippen molar-refractivity contribution in [2.75, 3.05) is 5.32 Å². The van der Waals surface area contributed by atoms with Crippen LogP contribution in [0.2, 0.25) is 0 Å². The molecule has 4 heteroatoms. The van der Waals surface area contributed by atoms with Crippen molar-refractivity contribution in [2.45, 2.75) is 27.3 Å². The molecular formula is C20H20N2O2. The van der Waals surface area contributed by atoms with E-state index in [2.05, 4.69) is 5.32 Å². The molecule has 1 aromatic heterocycles. The zero-order chi connectivity index (χ0) is 17.3. The van der Waals surface area contributed by atoms with Gasteiger partial charge in [0.2, 0.25) is 5.91 Å². The number of fused-ring (bicyclic) bond motifs is 1. The maximum Gasteiger partial charge on any atom is 0.244 e. The van der Waals surface area contributed by atoms with Crippen LogP contribution in [-0.4, -0.2) is 10.5 Å². The van der Waals surface area contributed by atoms with E-state index in [9.17, 15) is 9.59 Å². The van der Waals surface area contributed by atoms with Crippen LogP contribution < -0.4 is 10.7 Å². The molecule has 1 N–H and O–H groups in total. The summed E-state index contributed by atoms with van der Waals surface area (Å²) in [7, 11) is 0. The molecule has 0 radical (unpaired) electrons. The predicted octanol–water partition coefficient (Wildman–Crippen LogP) is 3.57. The first kappa shape index (κ1) is 16.0. The van der Waals surface area contributed by atoms with Crippen molar-refractivity contribution >= 4 is 22.5 Å². The first-order valence-electron chi connectivity index (χ1n) is 7.92. The highest BCUT2D eigenvalue weighted by Crippen LogP contribution is 2.18. The zero-order valence-electron chi connectivity index (χ0n) is 14.1. The number of rotatable bonds is 3. The Morgan fingerprint density at radius 3 is 2.46 bits per heavy atom. The van der Waals surface area contributed by atoms with E-state index in [-0.39, 0.29) is 17.9 Å². The van der Waals surface area contributed by atoms with Gasteiger partial charge in [-0.05, 0) is 44.5 Å². The summed E-state index contributed by atoms with van der Waals surface area (Å²) in [6.45, 7) is 5.98. The number of pyridine rings is 1. The summed E-state index contributed by atoms with van der Waals surface area (Å²) in [5.41, 5.74) is 4.48. The fraction of sp³-hybridized carbons (Fsp3) is 0.200. The molecular weight excluding hydrogens is 300 g/mol. The Hall–Kier alpha value is -2.88. The lowest BCUT2D eigenvalue weighted by molar-refractivity contribution is -0.116. The number of hydrogen-bond acceptors (Lipinski definition) is 2. The maximum atomic E-state index is 12.4. The molecule has 0 fully saturated rings. The van der Waals surface area contributed by atoms with Gasteiger partial charge in [-0.15, -0.1) is 0 Å². The van der Waals surface area contributed by atoms with Crippen molar-refractivity contribution in [3.05, 3.63) is 75.6 Å². The number of nitrogens with zero attached hydrogens (tertiary/aromatic N) is 1. The molecule has 4 nitrogen and oxygen atoms in total. The first-order valence-corrected chi connectivity index (χ1v) is 7.92. The first-order chi connectivity index (χ1) is 11.5. The molecule has 24 heavy (non-hydrogen) atoms. The van der Waals surface area contributed by atoms with E-state index in [1.807, 2.05) is 61.7 Å². The monoisotopic (exact) mass is 320 g/mol. The molecule has 0 atom stereocenters. The molecule has 1 heterocycles. The molecule has 2 aromatic carbocycles. The van der Waals surface area contributed by atoms with Crippen LogP contribution in [0.4, 0.5) is 5.69 Å². The third kappa shape index (κ3) is 3.08. The number of para-hydroxylation sites is 1. The molecule has 122 valence electrons.